The first-order valence-electron chi connectivity index (χ1n) is 9.67. The van der Waals surface area contributed by atoms with E-state index in [1.807, 2.05) is 24.3 Å². The second-order valence-electron chi connectivity index (χ2n) is 7.40. The maximum atomic E-state index is 13.3. The zero-order chi connectivity index (χ0) is 21.1. The lowest BCUT2D eigenvalue weighted by Gasteiger charge is -2.26. The predicted molar refractivity (Wildman–Crippen MR) is 110 cm³/mol. The van der Waals surface area contributed by atoms with E-state index >= 15 is 0 Å². The Kier molecular flexibility index (Phi) is 5.67. The molecule has 1 aliphatic rings. The molecule has 1 heterocycles. The van der Waals surface area contributed by atoms with Crippen molar-refractivity contribution in [3.8, 4) is 11.5 Å². The molecule has 1 unspecified atom stereocenters. The molecule has 0 bridgehead atoms. The van der Waals surface area contributed by atoms with Crippen LogP contribution in [0.5, 0.6) is 0 Å². The molecular formula is C22H21FN2O4S. The quantitative estimate of drug-likeness (QED) is 0.648. The fourth-order valence-corrected chi connectivity index (χ4v) is 4.91. The Labute approximate surface area is 174 Å². The number of nitrogens with zero attached hydrogens (tertiary/aromatic N) is 1. The van der Waals surface area contributed by atoms with Gasteiger partial charge in [0, 0.05) is 5.56 Å². The number of fused-ring (bicyclic) bond motifs is 1. The monoisotopic (exact) mass is 428 g/mol. The molecule has 30 heavy (non-hydrogen) atoms. The van der Waals surface area contributed by atoms with Crippen LogP contribution in [0.1, 0.15) is 35.7 Å². The maximum absolute atomic E-state index is 13.3. The van der Waals surface area contributed by atoms with Crippen LogP contribution in [0.4, 0.5) is 4.39 Å². The number of carbonyl (C=O) groups is 1. The molecule has 0 fully saturated rings. The van der Waals surface area contributed by atoms with Crippen molar-refractivity contribution in [3.63, 3.8) is 0 Å². The van der Waals surface area contributed by atoms with Gasteiger partial charge >= 0.3 is 0 Å². The summed E-state index contributed by atoms with van der Waals surface area (Å²) >= 11 is 0. The van der Waals surface area contributed by atoms with Crippen LogP contribution in [0.2, 0.25) is 0 Å². The van der Waals surface area contributed by atoms with Gasteiger partial charge in [-0.2, -0.15) is 0 Å². The molecule has 1 aromatic heterocycles. The van der Waals surface area contributed by atoms with E-state index in [-0.39, 0.29) is 17.6 Å². The number of aromatic nitrogens is 1. The van der Waals surface area contributed by atoms with Gasteiger partial charge in [-0.15, -0.1) is 0 Å². The zero-order valence-electron chi connectivity index (χ0n) is 16.2. The van der Waals surface area contributed by atoms with Crippen molar-refractivity contribution < 1.29 is 22.0 Å². The van der Waals surface area contributed by atoms with Gasteiger partial charge in [-0.25, -0.2) is 17.8 Å². The molecule has 1 aliphatic carbocycles. The van der Waals surface area contributed by atoms with Crippen molar-refractivity contribution in [1.29, 1.82) is 0 Å². The third-order valence-corrected chi connectivity index (χ3v) is 6.48. The van der Waals surface area contributed by atoms with Crippen LogP contribution in [-0.2, 0) is 26.8 Å². The number of carbonyl (C=O) groups excluding carboxylic acids is 1. The second kappa shape index (κ2) is 8.39. The lowest BCUT2D eigenvalue weighted by molar-refractivity contribution is -0.119. The van der Waals surface area contributed by atoms with Crippen LogP contribution in [0.15, 0.2) is 59.2 Å². The van der Waals surface area contributed by atoms with E-state index in [1.54, 1.807) is 6.07 Å². The van der Waals surface area contributed by atoms with Gasteiger partial charge in [0.05, 0.1) is 17.5 Å². The largest absolute Gasteiger partial charge is 0.444 e. The molecule has 8 heteroatoms. The molecular weight excluding hydrogens is 407 g/mol. The molecule has 2 aromatic carbocycles. The molecule has 0 spiro atoms. The Morgan fingerprint density at radius 1 is 1.20 bits per heavy atom. The SMILES string of the molecule is O=C(CS(=O)(=O)Cc1coc(-c2cccc(F)c2)n1)NC1CCCc2ccccc21. The zero-order valence-corrected chi connectivity index (χ0v) is 17.0. The van der Waals surface area contributed by atoms with Gasteiger partial charge in [-0.1, -0.05) is 30.3 Å². The van der Waals surface area contributed by atoms with E-state index in [0.29, 0.717) is 5.56 Å². The first-order chi connectivity index (χ1) is 14.4. The van der Waals surface area contributed by atoms with Crippen molar-refractivity contribution in [1.82, 2.24) is 10.3 Å². The first-order valence-corrected chi connectivity index (χ1v) is 11.5. The van der Waals surface area contributed by atoms with Crippen molar-refractivity contribution in [3.05, 3.63) is 77.4 Å². The Morgan fingerprint density at radius 2 is 2.03 bits per heavy atom. The van der Waals surface area contributed by atoms with Gasteiger partial charge in [0.2, 0.25) is 11.8 Å². The van der Waals surface area contributed by atoms with Crippen LogP contribution < -0.4 is 5.32 Å². The van der Waals surface area contributed by atoms with Crippen molar-refractivity contribution in [2.45, 2.75) is 31.1 Å². The molecule has 6 nitrogen and oxygen atoms in total. The highest BCUT2D eigenvalue weighted by atomic mass is 32.2. The molecule has 3 aromatic rings. The Hall–Kier alpha value is -3.00. The minimum atomic E-state index is -3.75. The fraction of sp³-hybridized carbons (Fsp3) is 0.273. The normalized spacial score (nSPS) is 16.1. The molecule has 1 amide bonds. The van der Waals surface area contributed by atoms with E-state index in [9.17, 15) is 17.6 Å². The summed E-state index contributed by atoms with van der Waals surface area (Å²) in [6.45, 7) is 0. The van der Waals surface area contributed by atoms with E-state index in [2.05, 4.69) is 10.3 Å². The van der Waals surface area contributed by atoms with Crippen molar-refractivity contribution in [2.75, 3.05) is 5.75 Å². The van der Waals surface area contributed by atoms with Crippen LogP contribution in [0.25, 0.3) is 11.5 Å². The summed E-state index contributed by atoms with van der Waals surface area (Å²) in [5.41, 5.74) is 2.81. The molecule has 0 saturated heterocycles. The number of oxazole rings is 1. The lowest BCUT2D eigenvalue weighted by atomic mass is 9.88. The molecule has 0 saturated carbocycles. The van der Waals surface area contributed by atoms with Crippen LogP contribution in [-0.4, -0.2) is 25.1 Å². The Morgan fingerprint density at radius 3 is 2.87 bits per heavy atom. The predicted octanol–water partition coefficient (Wildman–Crippen LogP) is 3.59. The number of hydrogen-bond acceptors (Lipinski definition) is 5. The maximum Gasteiger partial charge on any atom is 0.235 e. The highest BCUT2D eigenvalue weighted by Gasteiger charge is 2.25. The Bertz CT molecular complexity index is 1170. The summed E-state index contributed by atoms with van der Waals surface area (Å²) < 4.78 is 43.6. The van der Waals surface area contributed by atoms with E-state index < -0.39 is 33.1 Å². The average Bonchev–Trinajstić information content (AvgIpc) is 3.15. The molecule has 0 radical (unpaired) electrons. The highest BCUT2D eigenvalue weighted by molar-refractivity contribution is 7.91. The third kappa shape index (κ3) is 4.76. The molecule has 4 rings (SSSR count). The van der Waals surface area contributed by atoms with Crippen molar-refractivity contribution >= 4 is 15.7 Å². The minimum absolute atomic E-state index is 0.128. The van der Waals surface area contributed by atoms with Crippen LogP contribution >= 0.6 is 0 Å². The summed E-state index contributed by atoms with van der Waals surface area (Å²) in [5, 5.41) is 2.85. The topological polar surface area (TPSA) is 89.3 Å². The standard InChI is InChI=1S/C22H21FN2O4S/c23-17-8-3-7-16(11-17)22-24-18(12-29-22)13-30(27,28)14-21(26)25-20-10-4-6-15-5-1-2-9-19(15)20/h1-3,5,7-9,11-12,20H,4,6,10,13-14H2,(H,25,26). The first kappa shape index (κ1) is 20.3. The molecule has 1 N–H and O–H groups in total. The third-order valence-electron chi connectivity index (χ3n) is 5.05. The number of benzene rings is 2. The number of rotatable bonds is 6. The second-order valence-corrected chi connectivity index (χ2v) is 9.46. The van der Waals surface area contributed by atoms with Gasteiger partial charge < -0.3 is 9.73 Å². The van der Waals surface area contributed by atoms with E-state index in [0.717, 1.165) is 24.8 Å². The van der Waals surface area contributed by atoms with Gasteiger partial charge in [0.1, 0.15) is 17.8 Å². The van der Waals surface area contributed by atoms with Crippen LogP contribution in [0, 0.1) is 5.82 Å². The van der Waals surface area contributed by atoms with Gasteiger partial charge in [-0.05, 0) is 48.6 Å². The summed E-state index contributed by atoms with van der Waals surface area (Å²) in [4.78, 5) is 16.5. The summed E-state index contributed by atoms with van der Waals surface area (Å²) in [6.07, 6.45) is 3.90. The summed E-state index contributed by atoms with van der Waals surface area (Å²) in [7, 11) is -3.75. The summed E-state index contributed by atoms with van der Waals surface area (Å²) in [5.74, 6) is -1.91. The van der Waals surface area contributed by atoms with E-state index in [1.165, 1.54) is 30.0 Å². The Balaban J connectivity index is 1.40. The summed E-state index contributed by atoms with van der Waals surface area (Å²) in [6, 6.07) is 13.4. The van der Waals surface area contributed by atoms with Gasteiger partial charge in [-0.3, -0.25) is 4.79 Å². The van der Waals surface area contributed by atoms with E-state index in [4.69, 9.17) is 4.42 Å². The highest BCUT2D eigenvalue weighted by Crippen LogP contribution is 2.29. The number of halogens is 1. The van der Waals surface area contributed by atoms with Gasteiger partial charge in [0.15, 0.2) is 9.84 Å². The number of nitrogens with one attached hydrogen (secondary N) is 1. The average molecular weight is 428 g/mol. The number of sulfone groups is 1. The molecule has 1 atom stereocenters. The van der Waals surface area contributed by atoms with Crippen LogP contribution in [0.3, 0.4) is 0 Å². The number of hydrogen-bond donors (Lipinski definition) is 1. The molecule has 156 valence electrons. The molecule has 0 aliphatic heterocycles. The lowest BCUT2D eigenvalue weighted by Crippen LogP contribution is -2.35. The smallest absolute Gasteiger partial charge is 0.235 e. The number of amides is 1. The van der Waals surface area contributed by atoms with Gasteiger partial charge in [0.25, 0.3) is 0 Å². The minimum Gasteiger partial charge on any atom is -0.444 e. The fourth-order valence-electron chi connectivity index (χ4n) is 3.74. The number of aryl methyl sites for hydroxylation is 1. The van der Waals surface area contributed by atoms with Crippen molar-refractivity contribution in [2.24, 2.45) is 0 Å².